The van der Waals surface area contributed by atoms with E-state index in [0.717, 1.165) is 5.56 Å². The summed E-state index contributed by atoms with van der Waals surface area (Å²) in [7, 11) is 0. The molecule has 0 radical (unpaired) electrons. The van der Waals surface area contributed by atoms with Crippen molar-refractivity contribution in [3.05, 3.63) is 35.4 Å². The lowest BCUT2D eigenvalue weighted by atomic mass is 9.95. The molecular formula is C11H17ClO. The predicted octanol–water partition coefficient (Wildman–Crippen LogP) is 3.29. The average Bonchev–Trinajstić information content (AvgIpc) is 2.04. The van der Waals surface area contributed by atoms with Crippen molar-refractivity contribution in [3.63, 3.8) is 0 Å². The number of hydrogen-bond donors (Lipinski definition) is 1. The Hall–Kier alpha value is -0.530. The summed E-state index contributed by atoms with van der Waals surface area (Å²) in [4.78, 5) is 0. The van der Waals surface area contributed by atoms with Crippen molar-refractivity contribution in [2.45, 2.75) is 32.8 Å². The van der Waals surface area contributed by atoms with E-state index in [0.29, 0.717) is 5.92 Å². The lowest BCUT2D eigenvalue weighted by Crippen LogP contribution is -1.99. The molecule has 0 saturated heterocycles. The van der Waals surface area contributed by atoms with Gasteiger partial charge in [-0.15, -0.1) is 12.4 Å². The summed E-state index contributed by atoms with van der Waals surface area (Å²) >= 11 is 0. The van der Waals surface area contributed by atoms with Crippen molar-refractivity contribution in [3.8, 4) is 0 Å². The molecule has 2 heteroatoms. The van der Waals surface area contributed by atoms with Crippen LogP contribution in [0.2, 0.25) is 0 Å². The van der Waals surface area contributed by atoms with E-state index in [1.807, 2.05) is 18.2 Å². The summed E-state index contributed by atoms with van der Waals surface area (Å²) in [5.41, 5.74) is 2.29. The number of aliphatic hydroxyl groups is 1. The molecule has 0 aliphatic carbocycles. The van der Waals surface area contributed by atoms with Crippen LogP contribution in [0.25, 0.3) is 0 Å². The molecule has 1 nitrogen and oxygen atoms in total. The predicted molar refractivity (Wildman–Crippen MR) is 58.4 cm³/mol. The van der Waals surface area contributed by atoms with Crippen molar-refractivity contribution in [2.75, 3.05) is 0 Å². The van der Waals surface area contributed by atoms with Crippen LogP contribution in [0, 0.1) is 0 Å². The fourth-order valence-corrected chi connectivity index (χ4v) is 1.42. The highest BCUT2D eigenvalue weighted by molar-refractivity contribution is 5.85. The van der Waals surface area contributed by atoms with E-state index in [1.165, 1.54) is 5.56 Å². The Bertz CT molecular complexity index is 229. The van der Waals surface area contributed by atoms with Crippen LogP contribution < -0.4 is 0 Å². The van der Waals surface area contributed by atoms with E-state index in [1.54, 1.807) is 6.92 Å². The zero-order valence-corrected chi connectivity index (χ0v) is 9.14. The average molecular weight is 201 g/mol. The highest BCUT2D eigenvalue weighted by Crippen LogP contribution is 2.23. The van der Waals surface area contributed by atoms with Gasteiger partial charge in [0.1, 0.15) is 0 Å². The molecule has 1 aromatic carbocycles. The van der Waals surface area contributed by atoms with Crippen molar-refractivity contribution in [1.82, 2.24) is 0 Å². The van der Waals surface area contributed by atoms with Crippen molar-refractivity contribution in [1.29, 1.82) is 0 Å². The lowest BCUT2D eigenvalue weighted by Gasteiger charge is -2.14. The van der Waals surface area contributed by atoms with Crippen LogP contribution in [0.5, 0.6) is 0 Å². The van der Waals surface area contributed by atoms with Gasteiger partial charge in [0.2, 0.25) is 0 Å². The van der Waals surface area contributed by atoms with Crippen molar-refractivity contribution in [2.24, 2.45) is 0 Å². The van der Waals surface area contributed by atoms with E-state index in [9.17, 15) is 5.11 Å². The van der Waals surface area contributed by atoms with E-state index < -0.39 is 0 Å². The fraction of sp³-hybridized carbons (Fsp3) is 0.455. The summed E-state index contributed by atoms with van der Waals surface area (Å²) in [6.07, 6.45) is -0.358. The van der Waals surface area contributed by atoms with Crippen molar-refractivity contribution < 1.29 is 5.11 Å². The van der Waals surface area contributed by atoms with E-state index in [4.69, 9.17) is 0 Å². The molecule has 0 bridgehead atoms. The maximum atomic E-state index is 9.45. The minimum Gasteiger partial charge on any atom is -0.389 e. The first-order valence-corrected chi connectivity index (χ1v) is 4.39. The van der Waals surface area contributed by atoms with Gasteiger partial charge in [-0.1, -0.05) is 38.1 Å². The third-order valence-corrected chi connectivity index (χ3v) is 2.07. The second kappa shape index (κ2) is 5.25. The first kappa shape index (κ1) is 12.5. The molecule has 0 aliphatic rings. The van der Waals surface area contributed by atoms with Gasteiger partial charge in [0.15, 0.2) is 0 Å². The molecule has 0 saturated carbocycles. The molecule has 0 spiro atoms. The van der Waals surface area contributed by atoms with Gasteiger partial charge in [-0.25, -0.2) is 0 Å². The van der Waals surface area contributed by atoms with Crippen LogP contribution in [-0.2, 0) is 0 Å². The summed E-state index contributed by atoms with van der Waals surface area (Å²) < 4.78 is 0. The smallest absolute Gasteiger partial charge is 0.0764 e. The maximum absolute atomic E-state index is 9.45. The third-order valence-electron chi connectivity index (χ3n) is 2.07. The number of benzene rings is 1. The number of rotatable bonds is 2. The fourth-order valence-electron chi connectivity index (χ4n) is 1.42. The zero-order valence-electron chi connectivity index (χ0n) is 8.32. The van der Waals surface area contributed by atoms with E-state index >= 15 is 0 Å². The van der Waals surface area contributed by atoms with E-state index in [-0.39, 0.29) is 18.5 Å². The zero-order chi connectivity index (χ0) is 9.14. The molecule has 1 aromatic rings. The molecule has 0 aliphatic heterocycles. The first-order valence-electron chi connectivity index (χ1n) is 4.39. The normalized spacial score (nSPS) is 12.4. The van der Waals surface area contributed by atoms with Gasteiger partial charge in [-0.05, 0) is 24.0 Å². The van der Waals surface area contributed by atoms with Crippen LogP contribution in [-0.4, -0.2) is 5.11 Å². The molecule has 13 heavy (non-hydrogen) atoms. The molecule has 0 heterocycles. The van der Waals surface area contributed by atoms with Crippen LogP contribution >= 0.6 is 12.4 Å². The molecule has 0 amide bonds. The van der Waals surface area contributed by atoms with Crippen LogP contribution in [0.3, 0.4) is 0 Å². The summed E-state index contributed by atoms with van der Waals surface area (Å²) in [5, 5.41) is 9.45. The van der Waals surface area contributed by atoms with Crippen molar-refractivity contribution >= 4 is 12.4 Å². The number of halogens is 1. The minimum atomic E-state index is -0.358. The first-order chi connectivity index (χ1) is 5.63. The molecule has 74 valence electrons. The monoisotopic (exact) mass is 200 g/mol. The van der Waals surface area contributed by atoms with Crippen LogP contribution in [0.15, 0.2) is 24.3 Å². The largest absolute Gasteiger partial charge is 0.389 e. The highest BCUT2D eigenvalue weighted by atomic mass is 35.5. The van der Waals surface area contributed by atoms with Gasteiger partial charge in [-0.2, -0.15) is 0 Å². The second-order valence-electron chi connectivity index (χ2n) is 3.46. The quantitative estimate of drug-likeness (QED) is 0.777. The third kappa shape index (κ3) is 3.02. The van der Waals surface area contributed by atoms with Gasteiger partial charge in [0, 0.05) is 0 Å². The molecule has 0 fully saturated rings. The second-order valence-corrected chi connectivity index (χ2v) is 3.46. The van der Waals surface area contributed by atoms with E-state index in [2.05, 4.69) is 19.9 Å². The summed E-state index contributed by atoms with van der Waals surface area (Å²) in [6, 6.07) is 8.04. The Kier molecular flexibility index (Phi) is 5.04. The minimum absolute atomic E-state index is 0. The Balaban J connectivity index is 0.00000144. The Labute approximate surface area is 86.2 Å². The molecule has 1 N–H and O–H groups in total. The molecule has 0 aromatic heterocycles. The number of aliphatic hydroxyl groups excluding tert-OH is 1. The molecule has 1 atom stereocenters. The van der Waals surface area contributed by atoms with Gasteiger partial charge >= 0.3 is 0 Å². The van der Waals surface area contributed by atoms with Crippen LogP contribution in [0.1, 0.15) is 43.9 Å². The maximum Gasteiger partial charge on any atom is 0.0764 e. The van der Waals surface area contributed by atoms with Gasteiger partial charge in [0.25, 0.3) is 0 Å². The van der Waals surface area contributed by atoms with Crippen LogP contribution in [0.4, 0.5) is 0 Å². The Morgan fingerprint density at radius 2 is 1.46 bits per heavy atom. The molecular weight excluding hydrogens is 184 g/mol. The SMILES string of the molecule is CC(C)c1ccccc1C(C)O.Cl. The molecule has 1 unspecified atom stereocenters. The Morgan fingerprint density at radius 3 is 1.77 bits per heavy atom. The van der Waals surface area contributed by atoms with Gasteiger partial charge < -0.3 is 5.11 Å². The Morgan fingerprint density at radius 1 is 1.00 bits per heavy atom. The van der Waals surface area contributed by atoms with Gasteiger partial charge in [-0.3, -0.25) is 0 Å². The standard InChI is InChI=1S/C11H16O.ClH/c1-8(2)10-6-4-5-7-11(10)9(3)12;/h4-9,12H,1-3H3;1H. The van der Waals surface area contributed by atoms with Gasteiger partial charge in [0.05, 0.1) is 6.10 Å². The lowest BCUT2D eigenvalue weighted by molar-refractivity contribution is 0.198. The summed E-state index contributed by atoms with van der Waals surface area (Å²) in [6.45, 7) is 6.09. The summed E-state index contributed by atoms with van der Waals surface area (Å²) in [5.74, 6) is 0.482. The topological polar surface area (TPSA) is 20.2 Å². The number of hydrogen-bond acceptors (Lipinski definition) is 1. The molecule has 1 rings (SSSR count). The highest BCUT2D eigenvalue weighted by Gasteiger charge is 2.08.